The van der Waals surface area contributed by atoms with Crippen molar-refractivity contribution < 1.29 is 9.53 Å². The SMILES string of the molecule is CCCOC(=O)c1cccc(-c2cn(C)cc(CCCc3ccccc3)c2=O)c1. The molecule has 0 radical (unpaired) electrons. The number of aryl methyl sites for hydroxylation is 3. The van der Waals surface area contributed by atoms with Crippen molar-refractivity contribution in [3.05, 3.63) is 93.9 Å². The summed E-state index contributed by atoms with van der Waals surface area (Å²) in [5.41, 5.74) is 3.90. The van der Waals surface area contributed by atoms with Gasteiger partial charge in [-0.2, -0.15) is 0 Å². The fourth-order valence-electron chi connectivity index (χ4n) is 3.38. The van der Waals surface area contributed by atoms with Gasteiger partial charge in [0.25, 0.3) is 0 Å². The van der Waals surface area contributed by atoms with Gasteiger partial charge in [0.05, 0.1) is 12.2 Å². The average Bonchev–Trinajstić information content (AvgIpc) is 2.75. The van der Waals surface area contributed by atoms with Crippen LogP contribution in [0.4, 0.5) is 0 Å². The second-order valence-electron chi connectivity index (χ2n) is 7.25. The van der Waals surface area contributed by atoms with Crippen LogP contribution in [0.1, 0.15) is 41.3 Å². The molecule has 0 aliphatic heterocycles. The van der Waals surface area contributed by atoms with Gasteiger partial charge in [0.2, 0.25) is 0 Å². The van der Waals surface area contributed by atoms with Crippen LogP contribution in [-0.4, -0.2) is 17.1 Å². The van der Waals surface area contributed by atoms with Gasteiger partial charge in [0.15, 0.2) is 5.43 Å². The van der Waals surface area contributed by atoms with E-state index in [1.165, 1.54) is 5.56 Å². The Balaban J connectivity index is 1.81. The number of aromatic nitrogens is 1. The number of nitrogens with zero attached hydrogens (tertiary/aromatic N) is 1. The first kappa shape index (κ1) is 20.6. The van der Waals surface area contributed by atoms with E-state index in [-0.39, 0.29) is 11.4 Å². The number of esters is 1. The third-order valence-electron chi connectivity index (χ3n) is 4.83. The molecule has 0 aliphatic carbocycles. The van der Waals surface area contributed by atoms with Crippen LogP contribution in [-0.2, 0) is 24.6 Å². The zero-order valence-electron chi connectivity index (χ0n) is 17.1. The summed E-state index contributed by atoms with van der Waals surface area (Å²) in [5, 5.41) is 0. The highest BCUT2D eigenvalue weighted by molar-refractivity contribution is 5.91. The molecule has 2 aromatic carbocycles. The highest BCUT2D eigenvalue weighted by Gasteiger charge is 2.12. The number of pyridine rings is 1. The normalized spacial score (nSPS) is 10.7. The Morgan fingerprint density at radius 1 is 1.00 bits per heavy atom. The summed E-state index contributed by atoms with van der Waals surface area (Å²) in [4.78, 5) is 25.3. The predicted octanol–water partition coefficient (Wildman–Crippen LogP) is 4.79. The Labute approximate surface area is 171 Å². The van der Waals surface area contributed by atoms with Gasteiger partial charge in [-0.05, 0) is 48.9 Å². The van der Waals surface area contributed by atoms with Crippen molar-refractivity contribution in [2.75, 3.05) is 6.61 Å². The lowest BCUT2D eigenvalue weighted by atomic mass is 9.99. The minimum atomic E-state index is -0.357. The van der Waals surface area contributed by atoms with E-state index < -0.39 is 0 Å². The lowest BCUT2D eigenvalue weighted by Crippen LogP contribution is -2.15. The molecule has 0 N–H and O–H groups in total. The number of carbonyl (C=O) groups is 1. The average molecular weight is 389 g/mol. The number of rotatable bonds is 8. The van der Waals surface area contributed by atoms with Crippen LogP contribution in [0, 0.1) is 0 Å². The molecular weight excluding hydrogens is 362 g/mol. The van der Waals surface area contributed by atoms with Gasteiger partial charge in [-0.1, -0.05) is 49.4 Å². The Kier molecular flexibility index (Phi) is 7.01. The van der Waals surface area contributed by atoms with Gasteiger partial charge >= 0.3 is 5.97 Å². The van der Waals surface area contributed by atoms with E-state index >= 15 is 0 Å². The summed E-state index contributed by atoms with van der Waals surface area (Å²) in [6, 6.07) is 17.4. The Morgan fingerprint density at radius 2 is 1.79 bits per heavy atom. The molecule has 150 valence electrons. The van der Waals surface area contributed by atoms with E-state index in [0.29, 0.717) is 24.2 Å². The lowest BCUT2D eigenvalue weighted by molar-refractivity contribution is 0.0505. The molecule has 0 saturated carbocycles. The van der Waals surface area contributed by atoms with Crippen LogP contribution >= 0.6 is 0 Å². The van der Waals surface area contributed by atoms with Crippen LogP contribution in [0.15, 0.2) is 71.8 Å². The maximum absolute atomic E-state index is 13.1. The smallest absolute Gasteiger partial charge is 0.338 e. The van der Waals surface area contributed by atoms with Crippen LogP contribution in [0.25, 0.3) is 11.1 Å². The molecule has 1 aromatic heterocycles. The lowest BCUT2D eigenvalue weighted by Gasteiger charge is -2.10. The molecule has 0 saturated heterocycles. The van der Waals surface area contributed by atoms with Crippen molar-refractivity contribution in [2.24, 2.45) is 7.05 Å². The van der Waals surface area contributed by atoms with Crippen molar-refractivity contribution in [3.63, 3.8) is 0 Å². The second-order valence-corrected chi connectivity index (χ2v) is 7.25. The van der Waals surface area contributed by atoms with E-state index in [4.69, 9.17) is 4.74 Å². The molecule has 0 amide bonds. The van der Waals surface area contributed by atoms with E-state index in [1.807, 2.05) is 55.2 Å². The van der Waals surface area contributed by atoms with Crippen molar-refractivity contribution in [1.82, 2.24) is 4.57 Å². The molecule has 0 bridgehead atoms. The van der Waals surface area contributed by atoms with Crippen molar-refractivity contribution in [3.8, 4) is 11.1 Å². The molecular formula is C25H27NO3. The first-order valence-electron chi connectivity index (χ1n) is 10.1. The maximum atomic E-state index is 13.1. The van der Waals surface area contributed by atoms with Gasteiger partial charge in [-0.3, -0.25) is 4.79 Å². The maximum Gasteiger partial charge on any atom is 0.338 e. The monoisotopic (exact) mass is 389 g/mol. The van der Waals surface area contributed by atoms with Crippen molar-refractivity contribution in [1.29, 1.82) is 0 Å². The molecule has 4 nitrogen and oxygen atoms in total. The fraction of sp³-hybridized carbons (Fsp3) is 0.280. The van der Waals surface area contributed by atoms with Crippen molar-refractivity contribution in [2.45, 2.75) is 32.6 Å². The van der Waals surface area contributed by atoms with E-state index in [9.17, 15) is 9.59 Å². The Bertz CT molecular complexity index is 1020. The minimum absolute atomic E-state index is 0.0234. The number of carbonyl (C=O) groups excluding carboxylic acids is 1. The van der Waals surface area contributed by atoms with E-state index in [1.54, 1.807) is 18.2 Å². The van der Waals surface area contributed by atoms with Crippen LogP contribution in [0.5, 0.6) is 0 Å². The Morgan fingerprint density at radius 3 is 2.55 bits per heavy atom. The van der Waals surface area contributed by atoms with Gasteiger partial charge in [0.1, 0.15) is 0 Å². The summed E-state index contributed by atoms with van der Waals surface area (Å²) in [6.45, 7) is 2.35. The molecule has 3 rings (SSSR count). The number of ether oxygens (including phenoxy) is 1. The zero-order valence-corrected chi connectivity index (χ0v) is 17.1. The Hall–Kier alpha value is -3.14. The molecule has 0 atom stereocenters. The first-order valence-corrected chi connectivity index (χ1v) is 10.1. The van der Waals surface area contributed by atoms with Crippen LogP contribution in [0.3, 0.4) is 0 Å². The standard InChI is InChI=1S/C25H27NO3/c1-3-15-29-25(28)21-13-8-12-20(16-21)23-18-26(2)17-22(24(23)27)14-7-11-19-9-5-4-6-10-19/h4-6,8-10,12-13,16-18H,3,7,11,14-15H2,1-2H3. The van der Waals surface area contributed by atoms with Gasteiger partial charge < -0.3 is 9.30 Å². The molecule has 1 heterocycles. The van der Waals surface area contributed by atoms with Gasteiger partial charge in [-0.25, -0.2) is 4.79 Å². The second kappa shape index (κ2) is 9.87. The molecule has 0 aliphatic rings. The summed E-state index contributed by atoms with van der Waals surface area (Å²) in [5.74, 6) is -0.357. The summed E-state index contributed by atoms with van der Waals surface area (Å²) < 4.78 is 7.13. The molecule has 0 spiro atoms. The molecule has 29 heavy (non-hydrogen) atoms. The van der Waals surface area contributed by atoms with Crippen LogP contribution in [0.2, 0.25) is 0 Å². The summed E-state index contributed by atoms with van der Waals surface area (Å²) in [6.07, 6.45) is 7.05. The van der Waals surface area contributed by atoms with Gasteiger partial charge in [0, 0.05) is 30.6 Å². The number of hydrogen-bond donors (Lipinski definition) is 0. The predicted molar refractivity (Wildman–Crippen MR) is 116 cm³/mol. The fourth-order valence-corrected chi connectivity index (χ4v) is 3.38. The third-order valence-corrected chi connectivity index (χ3v) is 4.83. The molecule has 0 fully saturated rings. The van der Waals surface area contributed by atoms with E-state index in [0.717, 1.165) is 30.4 Å². The molecule has 0 unspecified atom stereocenters. The quantitative estimate of drug-likeness (QED) is 0.520. The number of hydrogen-bond acceptors (Lipinski definition) is 3. The van der Waals surface area contributed by atoms with Crippen LogP contribution < -0.4 is 5.43 Å². The molecule has 3 aromatic rings. The first-order chi connectivity index (χ1) is 14.1. The van der Waals surface area contributed by atoms with E-state index in [2.05, 4.69) is 12.1 Å². The minimum Gasteiger partial charge on any atom is -0.462 e. The third kappa shape index (κ3) is 5.44. The number of benzene rings is 2. The highest BCUT2D eigenvalue weighted by atomic mass is 16.5. The highest BCUT2D eigenvalue weighted by Crippen LogP contribution is 2.19. The summed E-state index contributed by atoms with van der Waals surface area (Å²) in [7, 11) is 1.92. The van der Waals surface area contributed by atoms with Crippen molar-refractivity contribution >= 4 is 5.97 Å². The van der Waals surface area contributed by atoms with Gasteiger partial charge in [-0.15, -0.1) is 0 Å². The zero-order chi connectivity index (χ0) is 20.6. The molecule has 4 heteroatoms. The summed E-state index contributed by atoms with van der Waals surface area (Å²) >= 11 is 0. The largest absolute Gasteiger partial charge is 0.462 e. The topological polar surface area (TPSA) is 48.3 Å².